The van der Waals surface area contributed by atoms with Crippen molar-refractivity contribution < 1.29 is 8.42 Å². The Morgan fingerprint density at radius 3 is 2.12 bits per heavy atom. The lowest BCUT2D eigenvalue weighted by molar-refractivity contribution is 0.590. The molecule has 1 heterocycles. The molecular formula is C13H15NO2S. The minimum absolute atomic E-state index is 0.260. The maximum atomic E-state index is 12.0. The van der Waals surface area contributed by atoms with Gasteiger partial charge >= 0.3 is 0 Å². The summed E-state index contributed by atoms with van der Waals surface area (Å²) in [6, 6.07) is 9.06. The highest BCUT2D eigenvalue weighted by Gasteiger charge is 2.31. The number of rotatable bonds is 1. The van der Waals surface area contributed by atoms with Crippen molar-refractivity contribution in [2.24, 2.45) is 9.81 Å². The van der Waals surface area contributed by atoms with Crippen LogP contribution >= 0.6 is 0 Å². The quantitative estimate of drug-likeness (QED) is 0.768. The Hall–Kier alpha value is -1.42. The maximum Gasteiger partial charge on any atom is 0.283 e. The number of hydrogen-bond donors (Lipinski definition) is 0. The fourth-order valence-electron chi connectivity index (χ4n) is 1.59. The Bertz CT molecular complexity index is 590. The second-order valence-electron chi connectivity index (χ2n) is 5.08. The Morgan fingerprint density at radius 2 is 1.65 bits per heavy atom. The van der Waals surface area contributed by atoms with Crippen LogP contribution in [-0.2, 0) is 10.0 Å². The van der Waals surface area contributed by atoms with Gasteiger partial charge in [-0.25, -0.2) is 0 Å². The second-order valence-corrected chi connectivity index (χ2v) is 6.65. The molecule has 3 nitrogen and oxygen atoms in total. The Balaban J connectivity index is 2.53. The molecule has 0 N–H and O–H groups in total. The molecule has 1 aromatic carbocycles. The molecule has 90 valence electrons. The topological polar surface area (TPSA) is 46.5 Å². The monoisotopic (exact) mass is 249 g/mol. The van der Waals surface area contributed by atoms with Crippen molar-refractivity contribution in [2.45, 2.75) is 20.8 Å². The molecule has 0 bridgehead atoms. The molecule has 0 spiro atoms. The summed E-state index contributed by atoms with van der Waals surface area (Å²) in [7, 11) is -3.52. The molecule has 0 amide bonds. The Kier molecular flexibility index (Phi) is 2.70. The van der Waals surface area contributed by atoms with E-state index in [2.05, 4.69) is 4.40 Å². The van der Waals surface area contributed by atoms with E-state index in [-0.39, 0.29) is 5.41 Å². The van der Waals surface area contributed by atoms with Crippen LogP contribution in [0.5, 0.6) is 0 Å². The first-order valence-corrected chi connectivity index (χ1v) is 6.87. The Morgan fingerprint density at radius 1 is 1.06 bits per heavy atom. The summed E-state index contributed by atoms with van der Waals surface area (Å²) < 4.78 is 27.8. The van der Waals surface area contributed by atoms with E-state index in [1.54, 1.807) is 18.2 Å². The SMILES string of the molecule is CC(C)(C)C1=NS(=O)(=O)C(c2ccccc2)=C1. The smallest absolute Gasteiger partial charge is 0.199 e. The molecule has 0 saturated carbocycles. The molecule has 0 aliphatic carbocycles. The van der Waals surface area contributed by atoms with Gasteiger partial charge < -0.3 is 0 Å². The van der Waals surface area contributed by atoms with E-state index < -0.39 is 10.0 Å². The number of sulfonamides is 1. The lowest BCUT2D eigenvalue weighted by Gasteiger charge is -2.15. The fraction of sp³-hybridized carbons (Fsp3) is 0.308. The molecule has 17 heavy (non-hydrogen) atoms. The summed E-state index contributed by atoms with van der Waals surface area (Å²) in [5, 5.41) is 0. The van der Waals surface area contributed by atoms with Crippen LogP contribution in [0.4, 0.5) is 0 Å². The molecule has 4 heteroatoms. The van der Waals surface area contributed by atoms with E-state index in [1.165, 1.54) is 0 Å². The highest BCUT2D eigenvalue weighted by molar-refractivity contribution is 8.00. The van der Waals surface area contributed by atoms with Gasteiger partial charge in [0, 0.05) is 5.41 Å². The van der Waals surface area contributed by atoms with Crippen molar-refractivity contribution >= 4 is 20.6 Å². The van der Waals surface area contributed by atoms with Crippen LogP contribution in [0, 0.1) is 5.41 Å². The fourth-order valence-corrected chi connectivity index (χ4v) is 2.97. The van der Waals surface area contributed by atoms with Crippen molar-refractivity contribution in [2.75, 3.05) is 0 Å². The number of benzene rings is 1. The zero-order valence-electron chi connectivity index (χ0n) is 10.1. The molecule has 0 aromatic heterocycles. The van der Waals surface area contributed by atoms with Crippen LogP contribution in [0.3, 0.4) is 0 Å². The van der Waals surface area contributed by atoms with Crippen molar-refractivity contribution in [1.82, 2.24) is 0 Å². The molecule has 2 rings (SSSR count). The molecule has 0 fully saturated rings. The highest BCUT2D eigenvalue weighted by atomic mass is 32.2. The number of hydrogen-bond acceptors (Lipinski definition) is 2. The zero-order chi connectivity index (χ0) is 12.7. The summed E-state index contributed by atoms with van der Waals surface area (Å²) in [5.74, 6) is 0. The first-order chi connectivity index (χ1) is 7.81. The second kappa shape index (κ2) is 3.81. The van der Waals surface area contributed by atoms with Crippen molar-refractivity contribution in [3.63, 3.8) is 0 Å². The molecule has 0 saturated heterocycles. The molecule has 1 aliphatic rings. The molecule has 0 radical (unpaired) electrons. The van der Waals surface area contributed by atoms with Gasteiger partial charge in [0.2, 0.25) is 0 Å². The Labute approximate surface area is 102 Å². The third-order valence-electron chi connectivity index (χ3n) is 2.59. The highest BCUT2D eigenvalue weighted by Crippen LogP contribution is 2.32. The van der Waals surface area contributed by atoms with E-state index in [4.69, 9.17) is 0 Å². The van der Waals surface area contributed by atoms with Gasteiger partial charge in [-0.15, -0.1) is 0 Å². The van der Waals surface area contributed by atoms with Crippen molar-refractivity contribution in [3.05, 3.63) is 42.0 Å². The summed E-state index contributed by atoms with van der Waals surface area (Å²) in [6.07, 6.45) is 1.67. The van der Waals surface area contributed by atoms with Gasteiger partial charge in [-0.3, -0.25) is 0 Å². The van der Waals surface area contributed by atoms with Gasteiger partial charge in [-0.2, -0.15) is 12.8 Å². The average Bonchev–Trinajstić information content (AvgIpc) is 2.55. The summed E-state index contributed by atoms with van der Waals surface area (Å²) in [6.45, 7) is 5.85. The van der Waals surface area contributed by atoms with E-state index in [1.807, 2.05) is 39.0 Å². The van der Waals surface area contributed by atoms with Crippen molar-refractivity contribution in [3.8, 4) is 0 Å². The average molecular weight is 249 g/mol. The third kappa shape index (κ3) is 2.31. The predicted octanol–water partition coefficient (Wildman–Crippen LogP) is 2.86. The molecular weight excluding hydrogens is 234 g/mol. The third-order valence-corrected chi connectivity index (χ3v) is 3.94. The largest absolute Gasteiger partial charge is 0.283 e. The van der Waals surface area contributed by atoms with E-state index in [0.29, 0.717) is 16.2 Å². The van der Waals surface area contributed by atoms with Gasteiger partial charge in [-0.1, -0.05) is 51.1 Å². The molecule has 1 aromatic rings. The lowest BCUT2D eigenvalue weighted by atomic mass is 9.89. The lowest BCUT2D eigenvalue weighted by Crippen LogP contribution is -2.16. The van der Waals surface area contributed by atoms with Gasteiger partial charge in [0.15, 0.2) is 0 Å². The molecule has 1 aliphatic heterocycles. The first-order valence-electron chi connectivity index (χ1n) is 5.43. The van der Waals surface area contributed by atoms with Crippen LogP contribution in [0.2, 0.25) is 0 Å². The van der Waals surface area contributed by atoms with Gasteiger partial charge in [0.1, 0.15) is 0 Å². The summed E-state index contributed by atoms with van der Waals surface area (Å²) >= 11 is 0. The van der Waals surface area contributed by atoms with E-state index >= 15 is 0 Å². The first kappa shape index (κ1) is 12.0. The number of nitrogens with zero attached hydrogens (tertiary/aromatic N) is 1. The minimum atomic E-state index is -3.52. The summed E-state index contributed by atoms with van der Waals surface area (Å²) in [4.78, 5) is 0.294. The van der Waals surface area contributed by atoms with Crippen LogP contribution in [-0.4, -0.2) is 14.1 Å². The van der Waals surface area contributed by atoms with Gasteiger partial charge in [0.05, 0.1) is 10.6 Å². The van der Waals surface area contributed by atoms with Crippen molar-refractivity contribution in [1.29, 1.82) is 0 Å². The van der Waals surface area contributed by atoms with E-state index in [0.717, 1.165) is 0 Å². The van der Waals surface area contributed by atoms with Gasteiger partial charge in [-0.05, 0) is 11.6 Å². The number of allylic oxidation sites excluding steroid dienone is 1. The minimum Gasteiger partial charge on any atom is -0.199 e. The molecule has 0 atom stereocenters. The zero-order valence-corrected chi connectivity index (χ0v) is 11.0. The molecule has 0 unspecified atom stereocenters. The standard InChI is InChI=1S/C13H15NO2S/c1-13(2,3)12-9-11(17(15,16)14-12)10-7-5-4-6-8-10/h4-9H,1-3H3. The maximum absolute atomic E-state index is 12.0. The van der Waals surface area contributed by atoms with Gasteiger partial charge in [0.25, 0.3) is 10.0 Å². The summed E-state index contributed by atoms with van der Waals surface area (Å²) in [5.41, 5.74) is 1.04. The van der Waals surface area contributed by atoms with Crippen LogP contribution in [0.1, 0.15) is 26.3 Å². The van der Waals surface area contributed by atoms with Crippen LogP contribution in [0.15, 0.2) is 40.8 Å². The van der Waals surface area contributed by atoms with Crippen LogP contribution in [0.25, 0.3) is 4.91 Å². The van der Waals surface area contributed by atoms with Crippen LogP contribution < -0.4 is 0 Å². The normalized spacial score (nSPS) is 18.8. The van der Waals surface area contributed by atoms with E-state index in [9.17, 15) is 8.42 Å². The predicted molar refractivity (Wildman–Crippen MR) is 70.2 cm³/mol.